The van der Waals surface area contributed by atoms with Gasteiger partial charge in [-0.3, -0.25) is 19.6 Å². The quantitative estimate of drug-likeness (QED) is 0.724. The normalized spacial score (nSPS) is 20.3. The van der Waals surface area contributed by atoms with Crippen molar-refractivity contribution in [2.45, 2.75) is 6.04 Å². The molecule has 8 nitrogen and oxygen atoms in total. The predicted octanol–water partition coefficient (Wildman–Crippen LogP) is 0.916. The maximum atomic E-state index is 12.5. The zero-order valence-electron chi connectivity index (χ0n) is 14.0. The molecule has 2 aliphatic heterocycles. The van der Waals surface area contributed by atoms with Gasteiger partial charge in [-0.05, 0) is 12.1 Å². The number of likely N-dealkylation sites (N-methyl/N-ethyl adjacent to an activating group) is 3. The van der Waals surface area contributed by atoms with Crippen LogP contribution < -0.4 is 4.74 Å². The van der Waals surface area contributed by atoms with Gasteiger partial charge in [-0.15, -0.1) is 0 Å². The van der Waals surface area contributed by atoms with E-state index in [0.717, 1.165) is 10.3 Å². The second kappa shape index (κ2) is 5.37. The fourth-order valence-corrected chi connectivity index (χ4v) is 3.01. The molecule has 1 atom stereocenters. The SMILES string of the molecule is CN1C(=O)C2C(=NC(Oc3cccc4cccnc34)=[N+]2C)N(C)C1=O. The van der Waals surface area contributed by atoms with E-state index in [2.05, 4.69) is 9.98 Å². The summed E-state index contributed by atoms with van der Waals surface area (Å²) in [5.74, 6) is 0.565. The van der Waals surface area contributed by atoms with Crippen LogP contribution in [0.25, 0.3) is 10.9 Å². The largest absolute Gasteiger partial charge is 0.502 e. The molecule has 1 aromatic carbocycles. The summed E-state index contributed by atoms with van der Waals surface area (Å²) in [5.41, 5.74) is 0.703. The van der Waals surface area contributed by atoms with E-state index in [0.29, 0.717) is 17.1 Å². The van der Waals surface area contributed by atoms with E-state index in [9.17, 15) is 9.59 Å². The van der Waals surface area contributed by atoms with E-state index in [4.69, 9.17) is 4.74 Å². The fraction of sp³-hybridized carbons (Fsp3) is 0.235. The van der Waals surface area contributed by atoms with Crippen LogP contribution in [-0.2, 0) is 4.79 Å². The molecule has 1 saturated heterocycles. The number of para-hydroxylation sites is 1. The zero-order valence-corrected chi connectivity index (χ0v) is 14.0. The molecule has 3 amide bonds. The second-order valence-corrected chi connectivity index (χ2v) is 5.94. The highest BCUT2D eigenvalue weighted by Crippen LogP contribution is 2.25. The average molecular weight is 338 g/mol. The topological polar surface area (TPSA) is 78.1 Å². The van der Waals surface area contributed by atoms with Gasteiger partial charge in [-0.1, -0.05) is 18.2 Å². The minimum Gasteiger partial charge on any atom is -0.387 e. The molecule has 3 heterocycles. The van der Waals surface area contributed by atoms with Crippen molar-refractivity contribution in [1.82, 2.24) is 14.8 Å². The summed E-state index contributed by atoms with van der Waals surface area (Å²) >= 11 is 0. The van der Waals surface area contributed by atoms with Crippen LogP contribution in [0.15, 0.2) is 41.5 Å². The molecule has 0 aliphatic carbocycles. The molecule has 2 aliphatic rings. The Balaban J connectivity index is 1.76. The molecule has 0 bridgehead atoms. The van der Waals surface area contributed by atoms with Crippen molar-refractivity contribution in [3.63, 3.8) is 0 Å². The Morgan fingerprint density at radius 2 is 1.88 bits per heavy atom. The van der Waals surface area contributed by atoms with Crippen LogP contribution in [0, 0.1) is 0 Å². The number of pyridine rings is 1. The molecule has 126 valence electrons. The number of nitrogens with zero attached hydrogens (tertiary/aromatic N) is 5. The van der Waals surface area contributed by atoms with Crippen molar-refractivity contribution in [2.24, 2.45) is 4.99 Å². The number of aromatic nitrogens is 1. The summed E-state index contributed by atoms with van der Waals surface area (Å²) in [6, 6.07) is 8.55. The number of amidine groups is 2. The highest BCUT2D eigenvalue weighted by molar-refractivity contribution is 6.22. The molecule has 0 radical (unpaired) electrons. The van der Waals surface area contributed by atoms with Gasteiger partial charge in [-0.2, -0.15) is 0 Å². The van der Waals surface area contributed by atoms with Crippen LogP contribution in [-0.4, -0.2) is 70.3 Å². The van der Waals surface area contributed by atoms with Crippen LogP contribution in [0.3, 0.4) is 0 Å². The first kappa shape index (κ1) is 15.3. The summed E-state index contributed by atoms with van der Waals surface area (Å²) in [7, 11) is 4.76. The number of rotatable bonds is 1. The minimum absolute atomic E-state index is 0.251. The average Bonchev–Trinajstić information content (AvgIpc) is 2.95. The first-order chi connectivity index (χ1) is 12.0. The van der Waals surface area contributed by atoms with Gasteiger partial charge in [0.15, 0.2) is 5.75 Å². The van der Waals surface area contributed by atoms with E-state index < -0.39 is 12.1 Å². The Kier molecular flexibility index (Phi) is 3.28. The highest BCUT2D eigenvalue weighted by Gasteiger charge is 2.53. The van der Waals surface area contributed by atoms with Crippen molar-refractivity contribution < 1.29 is 18.9 Å². The molecule has 4 rings (SSSR count). The van der Waals surface area contributed by atoms with Gasteiger partial charge < -0.3 is 4.74 Å². The molecule has 0 saturated carbocycles. The Morgan fingerprint density at radius 1 is 1.12 bits per heavy atom. The maximum Gasteiger partial charge on any atom is 0.502 e. The molecule has 2 aromatic rings. The molecular weight excluding hydrogens is 322 g/mol. The monoisotopic (exact) mass is 338 g/mol. The van der Waals surface area contributed by atoms with Gasteiger partial charge in [-0.25, -0.2) is 9.37 Å². The third kappa shape index (κ3) is 2.18. The second-order valence-electron chi connectivity index (χ2n) is 5.94. The highest BCUT2D eigenvalue weighted by atomic mass is 16.5. The number of carbonyl (C=O) groups is 2. The van der Waals surface area contributed by atoms with Gasteiger partial charge in [0.1, 0.15) is 5.52 Å². The first-order valence-electron chi connectivity index (χ1n) is 7.74. The number of benzene rings is 1. The summed E-state index contributed by atoms with van der Waals surface area (Å²) in [4.78, 5) is 35.7. The molecule has 1 unspecified atom stereocenters. The van der Waals surface area contributed by atoms with Crippen molar-refractivity contribution in [3.05, 3.63) is 36.5 Å². The van der Waals surface area contributed by atoms with E-state index in [1.54, 1.807) is 30.9 Å². The number of imide groups is 1. The third-order valence-electron chi connectivity index (χ3n) is 4.42. The lowest BCUT2D eigenvalue weighted by Gasteiger charge is -2.29. The number of amides is 3. The van der Waals surface area contributed by atoms with Gasteiger partial charge >= 0.3 is 12.1 Å². The Morgan fingerprint density at radius 3 is 2.68 bits per heavy atom. The van der Waals surface area contributed by atoms with Crippen LogP contribution in [0.5, 0.6) is 5.75 Å². The zero-order chi connectivity index (χ0) is 17.7. The molecule has 0 N–H and O–H groups in total. The number of hydrogen-bond acceptors (Lipinski definition) is 5. The van der Waals surface area contributed by atoms with Crippen molar-refractivity contribution in [1.29, 1.82) is 0 Å². The lowest BCUT2D eigenvalue weighted by molar-refractivity contribution is -0.511. The Hall–Kier alpha value is -3.29. The van der Waals surface area contributed by atoms with Gasteiger partial charge in [0.25, 0.3) is 17.8 Å². The Bertz CT molecular complexity index is 976. The number of aliphatic imine (C=N–C) groups is 1. The summed E-state index contributed by atoms with van der Waals surface area (Å²) < 4.78 is 7.57. The Labute approximate surface area is 143 Å². The molecule has 0 spiro atoms. The maximum absolute atomic E-state index is 12.5. The molecule has 1 aromatic heterocycles. The van der Waals surface area contributed by atoms with Crippen molar-refractivity contribution >= 4 is 34.7 Å². The summed E-state index contributed by atoms with van der Waals surface area (Å²) in [6.45, 7) is 0. The fourth-order valence-electron chi connectivity index (χ4n) is 3.01. The lowest BCUT2D eigenvalue weighted by Crippen LogP contribution is -2.61. The van der Waals surface area contributed by atoms with Crippen LogP contribution >= 0.6 is 0 Å². The van der Waals surface area contributed by atoms with Crippen molar-refractivity contribution in [2.75, 3.05) is 21.1 Å². The summed E-state index contributed by atoms with van der Waals surface area (Å²) in [6.07, 6.45) is 1.69. The van der Waals surface area contributed by atoms with E-state index in [1.807, 2.05) is 24.3 Å². The number of hydrogen-bond donors (Lipinski definition) is 0. The first-order valence-corrected chi connectivity index (χ1v) is 7.74. The van der Waals surface area contributed by atoms with Gasteiger partial charge in [0.05, 0.1) is 7.05 Å². The number of fused-ring (bicyclic) bond motifs is 2. The minimum atomic E-state index is -0.675. The van der Waals surface area contributed by atoms with Crippen LogP contribution in [0.1, 0.15) is 0 Å². The molecule has 8 heteroatoms. The number of urea groups is 1. The molecule has 1 fully saturated rings. The van der Waals surface area contributed by atoms with Gasteiger partial charge in [0, 0.05) is 30.7 Å². The van der Waals surface area contributed by atoms with E-state index in [-0.39, 0.29) is 11.9 Å². The van der Waals surface area contributed by atoms with E-state index >= 15 is 0 Å². The third-order valence-corrected chi connectivity index (χ3v) is 4.42. The van der Waals surface area contributed by atoms with Crippen LogP contribution in [0.2, 0.25) is 0 Å². The molecule has 25 heavy (non-hydrogen) atoms. The van der Waals surface area contributed by atoms with E-state index in [1.165, 1.54) is 11.9 Å². The predicted molar refractivity (Wildman–Crippen MR) is 90.7 cm³/mol. The summed E-state index contributed by atoms with van der Waals surface area (Å²) in [5, 5.41) is 0.939. The van der Waals surface area contributed by atoms with Crippen LogP contribution in [0.4, 0.5) is 4.79 Å². The van der Waals surface area contributed by atoms with Crippen molar-refractivity contribution in [3.8, 4) is 5.75 Å². The molecular formula is C17H16N5O3+. The van der Waals surface area contributed by atoms with Gasteiger partial charge in [0.2, 0.25) is 0 Å². The number of carbonyl (C=O) groups excluding carboxylic acids is 2. The number of ether oxygens (including phenoxy) is 1. The lowest BCUT2D eigenvalue weighted by atomic mass is 10.2. The standard InChI is InChI=1S/C17H16N5O3/c1-20-13-14(21(2)17(24)22(3)15(13)23)19-16(20)25-11-8-4-6-10-7-5-9-18-12(10)11/h4-9,13H,1-3H3/q+1. The smallest absolute Gasteiger partial charge is 0.387 e.